The Morgan fingerprint density at radius 2 is 0.684 bits per heavy atom. The first-order chi connectivity index (χ1) is 54.5. The van der Waals surface area contributed by atoms with Gasteiger partial charge in [-0.25, -0.2) is 53.6 Å². The van der Waals surface area contributed by atoms with E-state index in [1.807, 2.05) is 24.3 Å². The molecule has 10 N–H and O–H groups in total. The van der Waals surface area contributed by atoms with Crippen LogP contribution in [0.5, 0.6) is 0 Å². The summed E-state index contributed by atoms with van der Waals surface area (Å²) < 4.78 is 103. The van der Waals surface area contributed by atoms with Crippen LogP contribution in [-0.2, 0) is 39.3 Å². The predicted molar refractivity (Wildman–Crippen MR) is 457 cm³/mol. The van der Waals surface area contributed by atoms with Crippen molar-refractivity contribution < 1.29 is 43.9 Å². The Labute approximate surface area is 694 Å². The van der Waals surface area contributed by atoms with Gasteiger partial charge in [0, 0.05) is 133 Å². The summed E-state index contributed by atoms with van der Waals surface area (Å²) in [5, 5.41) is 64.0. The number of nitrogens with zero attached hydrogens (tertiary/aromatic N) is 12. The maximum Gasteiger partial charge on any atom is 0.175 e. The smallest absolute Gasteiger partial charge is 0.175 e. The maximum absolute atomic E-state index is 11.7. The van der Waals surface area contributed by atoms with Crippen molar-refractivity contribution in [1.82, 2.24) is 69.0 Å². The van der Waals surface area contributed by atoms with Crippen LogP contribution in [0, 0.1) is 11.8 Å². The number of rotatable bonds is 20. The Hall–Kier alpha value is -8.28. The number of anilines is 10. The molecule has 4 aliphatic rings. The summed E-state index contributed by atoms with van der Waals surface area (Å²) in [6.45, 7) is 4.27. The molecule has 2 aliphatic carbocycles. The first-order valence-electron chi connectivity index (χ1n) is 37.1. The fraction of sp³-hybridized carbons (Fsp3) is 0.368. The number of fused-ring (bicyclic) bond motifs is 4. The highest BCUT2D eigenvalue weighted by molar-refractivity contribution is 9.11. The van der Waals surface area contributed by atoms with Crippen molar-refractivity contribution in [3.63, 3.8) is 0 Å². The summed E-state index contributed by atoms with van der Waals surface area (Å²) in [4.78, 5) is 20.1. The van der Waals surface area contributed by atoms with Gasteiger partial charge in [0.1, 0.15) is 34.9 Å². The Balaban J connectivity index is 0.000000133. The molecule has 1 unspecified atom stereocenters. The van der Waals surface area contributed by atoms with E-state index < -0.39 is 39.3 Å². The second-order valence-corrected chi connectivity index (χ2v) is 40.3. The van der Waals surface area contributed by atoms with E-state index in [1.165, 1.54) is 25.0 Å². The molecule has 0 bridgehead atoms. The molecule has 30 nitrogen and oxygen atoms in total. The van der Waals surface area contributed by atoms with Crippen molar-refractivity contribution >= 4 is 183 Å². The molecule has 5 atom stereocenters. The molecule has 4 aromatic carbocycles. The Morgan fingerprint density at radius 3 is 0.991 bits per heavy atom. The van der Waals surface area contributed by atoms with E-state index in [2.05, 4.69) is 137 Å². The van der Waals surface area contributed by atoms with Crippen molar-refractivity contribution in [1.29, 1.82) is 0 Å². The van der Waals surface area contributed by atoms with Crippen LogP contribution >= 0.6 is 63.7 Å². The van der Waals surface area contributed by atoms with Crippen LogP contribution in [0.15, 0.2) is 184 Å². The first kappa shape index (κ1) is 83.7. The Morgan fingerprint density at radius 1 is 0.377 bits per heavy atom. The quantitative estimate of drug-likeness (QED) is 0.0339. The number of hydrogen-bond donors (Lipinski definition) is 10. The molecular formula is C76H88Br4N20O10S4. The summed E-state index contributed by atoms with van der Waals surface area (Å²) in [6, 6.07) is 34.7. The number of aliphatic hydroxyl groups excluding tert-OH is 2. The zero-order chi connectivity index (χ0) is 80.6. The number of hydrogen-bond acceptors (Lipinski definition) is 26. The first-order valence-corrected chi connectivity index (χ1v) is 47.9. The molecule has 0 radical (unpaired) electrons. The zero-order valence-electron chi connectivity index (χ0n) is 62.7. The molecule has 16 rings (SSSR count). The van der Waals surface area contributed by atoms with Gasteiger partial charge in [0.15, 0.2) is 61.9 Å². The average molecular weight is 1890 g/mol. The maximum atomic E-state index is 11.7. The third-order valence-electron chi connectivity index (χ3n) is 20.4. The van der Waals surface area contributed by atoms with Gasteiger partial charge in [-0.3, -0.25) is 0 Å². The van der Waals surface area contributed by atoms with Crippen LogP contribution in [-0.4, -0.2) is 179 Å². The van der Waals surface area contributed by atoms with Crippen molar-refractivity contribution in [3.05, 3.63) is 175 Å². The average Bonchev–Trinajstić information content (AvgIpc) is 1.61. The van der Waals surface area contributed by atoms with Gasteiger partial charge in [-0.2, -0.15) is 38.5 Å². The summed E-state index contributed by atoms with van der Waals surface area (Å²) in [7, 11) is -12.9. The van der Waals surface area contributed by atoms with E-state index in [0.29, 0.717) is 56.2 Å². The zero-order valence-corrected chi connectivity index (χ0v) is 72.3. The fourth-order valence-electron chi connectivity index (χ4n) is 14.3. The van der Waals surface area contributed by atoms with Crippen LogP contribution in [0.1, 0.15) is 100 Å². The van der Waals surface area contributed by atoms with Gasteiger partial charge in [0.05, 0.1) is 68.0 Å². The highest BCUT2D eigenvalue weighted by Gasteiger charge is 2.29. The molecule has 12 aromatic rings. The lowest BCUT2D eigenvalue weighted by Crippen LogP contribution is -2.34. The Kier molecular flexibility index (Phi) is 26.8. The molecule has 4 fully saturated rings. The third-order valence-corrected chi connectivity index (χ3v) is 27.2. The highest BCUT2D eigenvalue weighted by atomic mass is 79.9. The van der Waals surface area contributed by atoms with Gasteiger partial charge in [0.25, 0.3) is 0 Å². The molecule has 8 aromatic heterocycles. The molecule has 2 saturated heterocycles. The van der Waals surface area contributed by atoms with E-state index in [-0.39, 0.29) is 46.9 Å². The van der Waals surface area contributed by atoms with E-state index >= 15 is 0 Å². The largest absolute Gasteiger partial charge is 0.396 e. The summed E-state index contributed by atoms with van der Waals surface area (Å²) >= 11 is 14.0. The molecule has 2 aliphatic heterocycles. The molecule has 38 heteroatoms. The number of halogens is 4. The lowest BCUT2D eigenvalue weighted by molar-refractivity contribution is 0.178. The molecule has 0 spiro atoms. The minimum absolute atomic E-state index is 0.161. The molecular weight excluding hydrogens is 1800 g/mol. The lowest BCUT2D eigenvalue weighted by Gasteiger charge is -2.31. The number of piperidine rings is 2. The minimum atomic E-state index is -3.25. The SMILES string of the molecule is CS(=O)(=O)c1ccc(Nc2cc(C3CCCNC3)nc3c(Br)cnn23)cc1.CS(=O)(=O)c1ccc(Nc2cc(C3CCNCC3)nc3c(Br)cnn23)cc1.CS(=O)(=O)c1ccc(Nc2cc(N[C@@H]3CCCC[C@@H]3CO)nc3c(Br)cnn23)cc1.CS(=O)(=O)c1ccc(Nc2cc(N[C@@H]3CCCC[C@H]3CO)nc3c(Br)cnn23)cc1. The normalized spacial score (nSPS) is 18.4. The second-order valence-electron chi connectivity index (χ2n) is 28.8. The lowest BCUT2D eigenvalue weighted by atomic mass is 9.85. The van der Waals surface area contributed by atoms with Crippen LogP contribution in [0.2, 0.25) is 0 Å². The Bertz CT molecular complexity index is 5520. The van der Waals surface area contributed by atoms with E-state index in [1.54, 1.807) is 140 Å². The van der Waals surface area contributed by atoms with Crippen LogP contribution in [0.3, 0.4) is 0 Å². The van der Waals surface area contributed by atoms with E-state index in [9.17, 15) is 43.9 Å². The molecule has 604 valence electrons. The van der Waals surface area contributed by atoms with E-state index in [4.69, 9.17) is 9.97 Å². The standard InChI is InChI=1S/2C20H24BrN5O3S.2C18H20BrN5O2S/c2*1-30(28,29)15-8-6-14(7-9-15)23-19-10-18(25-20-16(21)11-22-26(19)20)24-17-5-3-2-4-13(17)12-27;1-27(25,26)14-4-2-13(3-5-14)22-17-10-16(12-6-8-20-9-7-12)23-18-15(19)11-21-24(17)18;1-27(25,26)14-6-4-13(5-7-14)22-17-9-16(12-3-2-8-20-10-12)23-18-15(19)11-21-24(17)18/h2*6-11,13,17,23,27H,2-5,12H2,1H3,(H,24,25);2-5,10-12,20,22H,6-9H2,1H3;4-7,9,11-12,20,22H,2-3,8,10H2,1H3/t13-,17+;13-,17-;;/m01../s1. The van der Waals surface area contributed by atoms with Gasteiger partial charge in [-0.05, 0) is 232 Å². The van der Waals surface area contributed by atoms with Crippen molar-refractivity contribution in [2.24, 2.45) is 11.8 Å². The van der Waals surface area contributed by atoms with Crippen molar-refractivity contribution in [2.45, 2.75) is 121 Å². The highest BCUT2D eigenvalue weighted by Crippen LogP contribution is 2.36. The summed E-state index contributed by atoms with van der Waals surface area (Å²) in [5.41, 5.74) is 7.95. The second kappa shape index (κ2) is 36.5. The number of benzene rings is 4. The number of aromatic nitrogens is 12. The molecule has 114 heavy (non-hydrogen) atoms. The minimum Gasteiger partial charge on any atom is -0.396 e. The van der Waals surface area contributed by atoms with Gasteiger partial charge in [0.2, 0.25) is 0 Å². The monoisotopic (exact) mass is 1880 g/mol. The van der Waals surface area contributed by atoms with Crippen LogP contribution in [0.25, 0.3) is 22.6 Å². The third kappa shape index (κ3) is 20.7. The summed E-state index contributed by atoms with van der Waals surface area (Å²) in [6.07, 6.45) is 24.5. The summed E-state index contributed by atoms with van der Waals surface area (Å²) in [5.74, 6) is 5.56. The topological polar surface area (TPSA) is 394 Å². The fourth-order valence-corrected chi connectivity index (χ4v) is 18.2. The predicted octanol–water partition coefficient (Wildman–Crippen LogP) is 13.4. The van der Waals surface area contributed by atoms with E-state index in [0.717, 1.165) is 178 Å². The van der Waals surface area contributed by atoms with Gasteiger partial charge < -0.3 is 52.7 Å². The van der Waals surface area contributed by atoms with Gasteiger partial charge >= 0.3 is 0 Å². The molecule has 10 heterocycles. The van der Waals surface area contributed by atoms with Crippen molar-refractivity contribution in [3.8, 4) is 0 Å². The van der Waals surface area contributed by atoms with Crippen molar-refractivity contribution in [2.75, 3.05) is 96.3 Å². The van der Waals surface area contributed by atoms with Crippen LogP contribution < -0.4 is 42.5 Å². The van der Waals surface area contributed by atoms with Crippen LogP contribution in [0.4, 0.5) is 57.7 Å². The number of sulfone groups is 4. The molecule has 0 amide bonds. The number of aliphatic hydroxyl groups is 2. The van der Waals surface area contributed by atoms with Gasteiger partial charge in [-0.1, -0.05) is 25.7 Å². The molecule has 2 saturated carbocycles. The van der Waals surface area contributed by atoms with Gasteiger partial charge in [-0.15, -0.1) is 0 Å². The number of nitrogens with one attached hydrogen (secondary N) is 8.